The number of ether oxygens (including phenoxy) is 7. The summed E-state index contributed by atoms with van der Waals surface area (Å²) in [6.45, 7) is -4.39. The zero-order valence-corrected chi connectivity index (χ0v) is 39.5. The standard InChI is InChI=1S/C40H60N12O24/c53-5-16-21(49-1-12(41-45-49)10-70-39-34(68)29(63)24(58)19(8-56)75-39)26(60)31(65)36(72-16)14-3-51(47-43-14)23-18(7-55)74-38(33(67)28(23)62)52-4-15(44-48-52)37-32(66)27(61)22(17(6-54)73-37)50-2-13(42-46-50)11-71-40-35(69)30(64)25(59)20(9-57)76-40/h1-4,16-40,53-69H,5-11H2/t16-,17-,18-,19-,20-,21-,22-,23-,24-,25-,26+,27+,28+,29+,30+,31-,32-,33-,34-,35-,36+,37+,38-,39-,40-/m1/s1. The van der Waals surface area contributed by atoms with Crippen LogP contribution in [0, 0.1) is 0 Å². The smallest absolute Gasteiger partial charge is 0.187 e. The minimum atomic E-state index is -1.84. The van der Waals surface area contributed by atoms with Gasteiger partial charge in [-0.3, -0.25) is 0 Å². The fourth-order valence-electron chi connectivity index (χ4n) is 9.88. The molecule has 36 nitrogen and oxygen atoms in total. The molecule has 76 heavy (non-hydrogen) atoms. The second-order valence-electron chi connectivity index (χ2n) is 18.9. The first-order valence-electron chi connectivity index (χ1n) is 23.8. The Hall–Kier alpha value is -4.40. The highest BCUT2D eigenvalue weighted by Gasteiger charge is 2.52. The topological polar surface area (TPSA) is 531 Å². The Bertz CT molecular complexity index is 2480. The van der Waals surface area contributed by atoms with Crippen LogP contribution in [0.25, 0.3) is 0 Å². The van der Waals surface area contributed by atoms with Crippen LogP contribution in [0.5, 0.6) is 0 Å². The molecule has 4 aromatic heterocycles. The first-order chi connectivity index (χ1) is 36.4. The van der Waals surface area contributed by atoms with E-state index >= 15 is 0 Å². The van der Waals surface area contributed by atoms with E-state index in [4.69, 9.17) is 33.2 Å². The summed E-state index contributed by atoms with van der Waals surface area (Å²) in [5.74, 6) is 0. The minimum Gasteiger partial charge on any atom is -0.394 e. The van der Waals surface area contributed by atoms with Crippen molar-refractivity contribution in [1.82, 2.24) is 60.0 Å². The number of aliphatic hydroxyl groups is 17. The highest BCUT2D eigenvalue weighted by molar-refractivity contribution is 5.11. The van der Waals surface area contributed by atoms with Crippen molar-refractivity contribution in [3.63, 3.8) is 0 Å². The fourth-order valence-corrected chi connectivity index (χ4v) is 9.88. The molecule has 4 aromatic rings. The number of aromatic nitrogens is 12. The molecule has 0 amide bonds. The summed E-state index contributed by atoms with van der Waals surface area (Å²) in [6, 6.07) is -3.89. The quantitative estimate of drug-likeness (QED) is 0.0467. The summed E-state index contributed by atoms with van der Waals surface area (Å²) in [5, 5.41) is 211. The van der Waals surface area contributed by atoms with E-state index in [0.29, 0.717) is 0 Å². The Kier molecular flexibility index (Phi) is 17.4. The van der Waals surface area contributed by atoms with Crippen LogP contribution in [-0.2, 0) is 46.4 Å². The zero-order valence-electron chi connectivity index (χ0n) is 39.5. The molecule has 0 aromatic carbocycles. The Balaban J connectivity index is 0.821. The van der Waals surface area contributed by atoms with Crippen LogP contribution in [0.15, 0.2) is 24.8 Å². The molecule has 9 heterocycles. The Morgan fingerprint density at radius 3 is 1.13 bits per heavy atom. The summed E-state index contributed by atoms with van der Waals surface area (Å²) in [5.41, 5.74) is -0.0747. The third-order valence-corrected chi connectivity index (χ3v) is 14.1. The van der Waals surface area contributed by atoms with Crippen LogP contribution in [-0.4, -0.2) is 296 Å². The van der Waals surface area contributed by atoms with Gasteiger partial charge in [0.05, 0.1) is 71.0 Å². The summed E-state index contributed by atoms with van der Waals surface area (Å²) in [4.78, 5) is 0. The van der Waals surface area contributed by atoms with Gasteiger partial charge in [0.2, 0.25) is 0 Å². The van der Waals surface area contributed by atoms with Gasteiger partial charge in [0.1, 0.15) is 157 Å². The number of nitrogens with zero attached hydrogens (tertiary/aromatic N) is 12. The lowest BCUT2D eigenvalue weighted by atomic mass is 9.91. The Labute approximate surface area is 426 Å². The van der Waals surface area contributed by atoms with E-state index < -0.39 is 186 Å². The van der Waals surface area contributed by atoms with Crippen LogP contribution < -0.4 is 0 Å². The van der Waals surface area contributed by atoms with E-state index in [1.807, 2.05) is 0 Å². The Morgan fingerprint density at radius 1 is 0.355 bits per heavy atom. The van der Waals surface area contributed by atoms with Gasteiger partial charge >= 0.3 is 0 Å². The predicted molar refractivity (Wildman–Crippen MR) is 231 cm³/mol. The first kappa shape index (κ1) is 56.3. The van der Waals surface area contributed by atoms with Crippen molar-refractivity contribution >= 4 is 0 Å². The van der Waals surface area contributed by atoms with Crippen molar-refractivity contribution in [2.75, 3.05) is 33.0 Å². The molecule has 5 aliphatic heterocycles. The first-order valence-corrected chi connectivity index (χ1v) is 23.8. The van der Waals surface area contributed by atoms with Crippen LogP contribution in [0.1, 0.15) is 59.3 Å². The van der Waals surface area contributed by atoms with Gasteiger partial charge in [-0.15, -0.1) is 20.4 Å². The molecule has 5 aliphatic rings. The lowest BCUT2D eigenvalue weighted by Gasteiger charge is -2.42. The summed E-state index contributed by atoms with van der Waals surface area (Å²) in [6.07, 6.45) is -29.5. The predicted octanol–water partition coefficient (Wildman–Crippen LogP) is -11.7. The number of aliphatic hydroxyl groups excluding tert-OH is 17. The van der Waals surface area contributed by atoms with Gasteiger partial charge in [-0.25, -0.2) is 18.7 Å². The maximum Gasteiger partial charge on any atom is 0.187 e. The van der Waals surface area contributed by atoms with E-state index in [2.05, 4.69) is 41.2 Å². The maximum absolute atomic E-state index is 11.5. The van der Waals surface area contributed by atoms with Crippen LogP contribution >= 0.6 is 0 Å². The van der Waals surface area contributed by atoms with E-state index in [-0.39, 0.29) is 36.0 Å². The fraction of sp³-hybridized carbons (Fsp3) is 0.800. The van der Waals surface area contributed by atoms with Crippen LogP contribution in [0.3, 0.4) is 0 Å². The van der Waals surface area contributed by atoms with Crippen LogP contribution in [0.4, 0.5) is 0 Å². The lowest BCUT2D eigenvalue weighted by molar-refractivity contribution is -0.304. The van der Waals surface area contributed by atoms with E-state index in [1.165, 1.54) is 24.8 Å². The third kappa shape index (κ3) is 10.6. The van der Waals surface area contributed by atoms with Crippen molar-refractivity contribution in [3.05, 3.63) is 47.6 Å². The van der Waals surface area contributed by atoms with Gasteiger partial charge in [0.25, 0.3) is 0 Å². The van der Waals surface area contributed by atoms with Gasteiger partial charge in [-0.05, 0) is 0 Å². The summed E-state index contributed by atoms with van der Waals surface area (Å²) in [7, 11) is 0. The monoisotopic (exact) mass is 1090 g/mol. The van der Waals surface area contributed by atoms with Crippen molar-refractivity contribution < 1.29 is 120 Å². The van der Waals surface area contributed by atoms with E-state index in [1.54, 1.807) is 0 Å². The molecule has 9 rings (SSSR count). The molecule has 0 radical (unpaired) electrons. The van der Waals surface area contributed by atoms with Gasteiger partial charge in [0.15, 0.2) is 18.8 Å². The molecule has 424 valence electrons. The third-order valence-electron chi connectivity index (χ3n) is 14.1. The van der Waals surface area contributed by atoms with Crippen molar-refractivity contribution in [3.8, 4) is 0 Å². The van der Waals surface area contributed by atoms with Gasteiger partial charge in [-0.2, -0.15) is 0 Å². The number of rotatable bonds is 17. The van der Waals surface area contributed by atoms with E-state index in [0.717, 1.165) is 18.7 Å². The molecular weight excluding hydrogens is 1030 g/mol. The molecule has 36 heteroatoms. The average molecular weight is 1090 g/mol. The number of hydrogen-bond acceptors (Lipinski definition) is 32. The molecular formula is C40H60N12O24. The van der Waals surface area contributed by atoms with Crippen molar-refractivity contribution in [2.24, 2.45) is 0 Å². The lowest BCUT2D eigenvalue weighted by Crippen LogP contribution is -2.59. The molecule has 25 atom stereocenters. The molecule has 0 aliphatic carbocycles. The zero-order chi connectivity index (χ0) is 54.4. The highest BCUT2D eigenvalue weighted by Crippen LogP contribution is 2.41. The van der Waals surface area contributed by atoms with Crippen molar-refractivity contribution in [1.29, 1.82) is 0 Å². The molecule has 0 bridgehead atoms. The molecule has 5 fully saturated rings. The molecule has 5 saturated heterocycles. The second kappa shape index (κ2) is 23.5. The second-order valence-corrected chi connectivity index (χ2v) is 18.9. The highest BCUT2D eigenvalue weighted by atomic mass is 16.7. The van der Waals surface area contributed by atoms with Crippen molar-refractivity contribution in [2.45, 2.75) is 166 Å². The Morgan fingerprint density at radius 2 is 0.711 bits per heavy atom. The van der Waals surface area contributed by atoms with E-state index in [9.17, 15) is 86.8 Å². The van der Waals surface area contributed by atoms with Gasteiger partial charge in [0, 0.05) is 0 Å². The number of hydrogen-bond donors (Lipinski definition) is 17. The largest absolute Gasteiger partial charge is 0.394 e. The summed E-state index contributed by atoms with van der Waals surface area (Å²) >= 11 is 0. The average Bonchev–Trinajstić information content (AvgIpc) is 4.28. The molecule has 0 unspecified atom stereocenters. The molecule has 0 spiro atoms. The normalized spacial score (nSPS) is 42.4. The summed E-state index contributed by atoms with van der Waals surface area (Å²) < 4.78 is 43.8. The maximum atomic E-state index is 11.5. The van der Waals surface area contributed by atoms with Gasteiger partial charge in [-0.1, -0.05) is 20.9 Å². The molecule has 17 N–H and O–H groups in total. The SMILES string of the molecule is OC[C@H]1O[C@@H](OCc2cn([C@H]3[C@H](O)[C@@H](O)[C@H](c4cn([C@H]5[C@H](O)[C@@H](O)[C@H](n6cc([C@@H]7O[C@H](CO)[C@@H](n8cc(CO[C@@H]9O[C@H](CO)[C@@H](O)[C@H](O)[C@H]9O)nn8)[C@H](O)[C@H]7O)nn6)O[C@@H]5CO)nn4)O[C@@H]3CO)nn2)[C@H](O)[C@@H](O)[C@@H]1O. The minimum absolute atomic E-state index is 0.0920. The van der Waals surface area contributed by atoms with Gasteiger partial charge < -0.3 is 120 Å². The molecule has 0 saturated carbocycles. The van der Waals surface area contributed by atoms with Crippen LogP contribution in [0.2, 0.25) is 0 Å².